The van der Waals surface area contributed by atoms with Crippen LogP contribution in [0.15, 0.2) is 52.5 Å². The number of amides is 1. The highest BCUT2D eigenvalue weighted by Crippen LogP contribution is 2.37. The van der Waals surface area contributed by atoms with Gasteiger partial charge in [-0.3, -0.25) is 9.10 Å². The average molecular weight is 520 g/mol. The normalized spacial score (nSPS) is 16.3. The van der Waals surface area contributed by atoms with Gasteiger partial charge in [0.05, 0.1) is 24.8 Å². The van der Waals surface area contributed by atoms with Gasteiger partial charge in [-0.25, -0.2) is 18.2 Å². The minimum atomic E-state index is -4.22. The predicted octanol–water partition coefficient (Wildman–Crippen LogP) is 4.75. The molecule has 1 aliphatic carbocycles. The molecule has 1 fully saturated rings. The summed E-state index contributed by atoms with van der Waals surface area (Å²) in [6, 6.07) is 9.03. The van der Waals surface area contributed by atoms with Crippen LogP contribution in [0.2, 0.25) is 0 Å². The maximum absolute atomic E-state index is 13.6. The molecule has 0 unspecified atom stereocenters. The first kappa shape index (κ1) is 27.4. The molecule has 0 bridgehead atoms. The molecule has 10 heteroatoms. The molecule has 8 nitrogen and oxygen atoms in total. The van der Waals surface area contributed by atoms with E-state index in [4.69, 9.17) is 9.47 Å². The summed E-state index contributed by atoms with van der Waals surface area (Å²) in [5, 5.41) is 4.26. The number of hydrogen-bond donors (Lipinski definition) is 1. The Kier molecular flexibility index (Phi) is 8.60. The molecule has 0 spiro atoms. The molecule has 1 amide bonds. The number of rotatable bonds is 8. The third kappa shape index (κ3) is 6.54. The summed E-state index contributed by atoms with van der Waals surface area (Å²) in [5.74, 6) is 0.0457. The van der Waals surface area contributed by atoms with Crippen molar-refractivity contribution < 1.29 is 27.1 Å². The van der Waals surface area contributed by atoms with E-state index in [0.29, 0.717) is 11.7 Å². The van der Waals surface area contributed by atoms with Crippen molar-refractivity contribution in [2.24, 2.45) is 16.4 Å². The molecule has 0 aromatic heterocycles. The van der Waals surface area contributed by atoms with Crippen molar-refractivity contribution >= 4 is 27.3 Å². The largest absolute Gasteiger partial charge is 0.493 e. The second-order valence-corrected chi connectivity index (χ2v) is 11.7. The van der Waals surface area contributed by atoms with E-state index in [-0.39, 0.29) is 21.7 Å². The lowest BCUT2D eigenvalue weighted by Crippen LogP contribution is -2.40. The quantitative estimate of drug-likeness (QED) is 0.508. The van der Waals surface area contributed by atoms with Gasteiger partial charge in [-0.15, -0.1) is 0 Å². The molecule has 0 saturated heterocycles. The molecule has 3 rings (SSSR count). The summed E-state index contributed by atoms with van der Waals surface area (Å²) in [6.45, 7) is 6.14. The summed E-state index contributed by atoms with van der Waals surface area (Å²) < 4.78 is 52.0. The van der Waals surface area contributed by atoms with Crippen molar-refractivity contribution in [2.75, 3.05) is 25.1 Å². The second-order valence-electron chi connectivity index (χ2n) is 9.86. The van der Waals surface area contributed by atoms with Crippen LogP contribution in [0.4, 0.5) is 10.1 Å². The van der Waals surface area contributed by atoms with Gasteiger partial charge in [0.2, 0.25) is 0 Å². The van der Waals surface area contributed by atoms with Gasteiger partial charge in [-0.1, -0.05) is 20.8 Å². The number of hydrazone groups is 1. The molecule has 2 aromatic rings. The minimum absolute atomic E-state index is 0.107. The zero-order valence-electron chi connectivity index (χ0n) is 21.4. The lowest BCUT2D eigenvalue weighted by molar-refractivity contribution is -0.119. The highest BCUT2D eigenvalue weighted by atomic mass is 32.2. The van der Waals surface area contributed by atoms with Crippen LogP contribution in [-0.4, -0.2) is 40.8 Å². The van der Waals surface area contributed by atoms with Gasteiger partial charge in [-0.2, -0.15) is 5.10 Å². The Balaban J connectivity index is 1.82. The fourth-order valence-corrected chi connectivity index (χ4v) is 5.70. The van der Waals surface area contributed by atoms with Crippen LogP contribution in [0.25, 0.3) is 0 Å². The number of ether oxygens (including phenoxy) is 2. The highest BCUT2D eigenvalue weighted by Gasteiger charge is 2.30. The SMILES string of the molecule is COc1ccc(S(=O)(=O)N(CC(=O)NN=C2CCC(C(C)(C)C)CC2)c2ccc(F)cc2)cc1OC. The predicted molar refractivity (Wildman–Crippen MR) is 137 cm³/mol. The molecule has 1 saturated carbocycles. The van der Waals surface area contributed by atoms with Crippen LogP contribution < -0.4 is 19.2 Å². The van der Waals surface area contributed by atoms with Crippen LogP contribution >= 0.6 is 0 Å². The summed E-state index contributed by atoms with van der Waals surface area (Å²) in [4.78, 5) is 12.7. The molecule has 1 aliphatic rings. The number of hydrogen-bond acceptors (Lipinski definition) is 6. The average Bonchev–Trinajstić information content (AvgIpc) is 2.85. The summed E-state index contributed by atoms with van der Waals surface area (Å²) in [7, 11) is -1.38. The zero-order valence-corrected chi connectivity index (χ0v) is 22.2. The van der Waals surface area contributed by atoms with Gasteiger partial charge < -0.3 is 9.47 Å². The second kappa shape index (κ2) is 11.3. The summed E-state index contributed by atoms with van der Waals surface area (Å²) in [6.07, 6.45) is 3.56. The van der Waals surface area contributed by atoms with Crippen molar-refractivity contribution in [3.63, 3.8) is 0 Å². The fraction of sp³-hybridized carbons (Fsp3) is 0.462. The summed E-state index contributed by atoms with van der Waals surface area (Å²) in [5.41, 5.74) is 3.76. The molecule has 36 heavy (non-hydrogen) atoms. The van der Waals surface area contributed by atoms with E-state index in [1.54, 1.807) is 0 Å². The fourth-order valence-electron chi connectivity index (χ4n) is 4.26. The van der Waals surface area contributed by atoms with Gasteiger partial charge in [0.25, 0.3) is 15.9 Å². The van der Waals surface area contributed by atoms with Gasteiger partial charge in [0.1, 0.15) is 12.4 Å². The van der Waals surface area contributed by atoms with E-state index in [1.807, 2.05) is 0 Å². The monoisotopic (exact) mass is 519 g/mol. The first-order valence-electron chi connectivity index (χ1n) is 11.8. The smallest absolute Gasteiger partial charge is 0.264 e. The van der Waals surface area contributed by atoms with Crippen molar-refractivity contribution in [3.05, 3.63) is 48.3 Å². The van der Waals surface area contributed by atoms with Crippen LogP contribution in [0.1, 0.15) is 46.5 Å². The van der Waals surface area contributed by atoms with Crippen LogP contribution in [-0.2, 0) is 14.8 Å². The van der Waals surface area contributed by atoms with Crippen LogP contribution in [0, 0.1) is 17.2 Å². The third-order valence-electron chi connectivity index (χ3n) is 6.47. The maximum atomic E-state index is 13.6. The van der Waals surface area contributed by atoms with Gasteiger partial charge >= 0.3 is 0 Å². The Morgan fingerprint density at radius 2 is 1.67 bits per heavy atom. The van der Waals surface area contributed by atoms with Crippen molar-refractivity contribution in [1.29, 1.82) is 0 Å². The standard InChI is InChI=1S/C26H34FN3O5S/c1-26(2,3)18-6-10-20(11-7-18)28-29-25(31)17-30(21-12-8-19(27)9-13-21)36(32,33)22-14-15-23(34-4)24(16-22)35-5/h8-9,12-16,18H,6-7,10-11,17H2,1-5H3,(H,29,31). The number of methoxy groups -OCH3 is 2. The highest BCUT2D eigenvalue weighted by molar-refractivity contribution is 7.92. The Hall–Kier alpha value is -3.14. The Bertz CT molecular complexity index is 1200. The number of nitrogens with one attached hydrogen (secondary N) is 1. The van der Waals surface area contributed by atoms with Crippen molar-refractivity contribution in [1.82, 2.24) is 5.43 Å². The van der Waals surface area contributed by atoms with Crippen molar-refractivity contribution in [2.45, 2.75) is 51.3 Å². The van der Waals surface area contributed by atoms with E-state index < -0.39 is 28.3 Å². The van der Waals surface area contributed by atoms with Crippen molar-refractivity contribution in [3.8, 4) is 11.5 Å². The molecule has 2 aromatic carbocycles. The number of sulfonamides is 1. The van der Waals surface area contributed by atoms with Gasteiger partial charge in [-0.05, 0) is 73.4 Å². The Labute approximate surface area is 212 Å². The zero-order chi connectivity index (χ0) is 26.5. The van der Waals surface area contributed by atoms with Crippen LogP contribution in [0.3, 0.4) is 0 Å². The number of carbonyl (C=O) groups excluding carboxylic acids is 1. The Morgan fingerprint density at radius 3 is 2.22 bits per heavy atom. The van der Waals surface area contributed by atoms with Crippen LogP contribution in [0.5, 0.6) is 11.5 Å². The van der Waals surface area contributed by atoms with E-state index in [9.17, 15) is 17.6 Å². The lowest BCUT2D eigenvalue weighted by atomic mass is 9.72. The first-order chi connectivity index (χ1) is 17.0. The molecule has 1 N–H and O–H groups in total. The number of nitrogens with zero attached hydrogens (tertiary/aromatic N) is 2. The number of carbonyl (C=O) groups is 1. The lowest BCUT2D eigenvalue weighted by Gasteiger charge is -2.34. The molecular formula is C26H34FN3O5S. The van der Waals surface area contributed by atoms with E-state index in [0.717, 1.165) is 47.8 Å². The van der Waals surface area contributed by atoms with E-state index in [2.05, 4.69) is 31.3 Å². The van der Waals surface area contributed by atoms with E-state index >= 15 is 0 Å². The molecule has 196 valence electrons. The van der Waals surface area contributed by atoms with E-state index in [1.165, 1.54) is 44.6 Å². The van der Waals surface area contributed by atoms with Gasteiger partial charge in [0, 0.05) is 11.8 Å². The molecule has 0 atom stereocenters. The summed E-state index contributed by atoms with van der Waals surface area (Å²) >= 11 is 0. The van der Waals surface area contributed by atoms with Gasteiger partial charge in [0.15, 0.2) is 11.5 Å². The topological polar surface area (TPSA) is 97.3 Å². The molecule has 0 radical (unpaired) electrons. The number of anilines is 1. The first-order valence-corrected chi connectivity index (χ1v) is 13.2. The molecule has 0 heterocycles. The molecular weight excluding hydrogens is 485 g/mol. The Morgan fingerprint density at radius 1 is 1.06 bits per heavy atom. The number of halogens is 1. The maximum Gasteiger partial charge on any atom is 0.264 e. The molecule has 0 aliphatic heterocycles. The number of benzene rings is 2. The third-order valence-corrected chi connectivity index (χ3v) is 8.24. The minimum Gasteiger partial charge on any atom is -0.493 e.